The lowest BCUT2D eigenvalue weighted by Gasteiger charge is -2.27. The van der Waals surface area contributed by atoms with Crippen LogP contribution in [0.2, 0.25) is 0 Å². The zero-order chi connectivity index (χ0) is 11.9. The van der Waals surface area contributed by atoms with Crippen LogP contribution in [0.1, 0.15) is 30.4 Å². The van der Waals surface area contributed by atoms with Crippen LogP contribution >= 0.6 is 12.2 Å². The number of benzene rings is 1. The Bertz CT molecular complexity index is 500. The zero-order valence-corrected chi connectivity index (χ0v) is 10.3. The number of carbonyl (C=O) groups is 1. The summed E-state index contributed by atoms with van der Waals surface area (Å²) in [6, 6.07) is 8.17. The number of amides is 1. The molecule has 2 N–H and O–H groups in total. The molecule has 0 bridgehead atoms. The van der Waals surface area contributed by atoms with E-state index < -0.39 is 5.54 Å². The van der Waals surface area contributed by atoms with E-state index in [1.165, 1.54) is 5.56 Å². The molecular weight excluding hydrogens is 232 g/mol. The minimum atomic E-state index is -0.621. The van der Waals surface area contributed by atoms with Crippen molar-refractivity contribution in [3.8, 4) is 0 Å². The predicted molar refractivity (Wildman–Crippen MR) is 69.6 cm³/mol. The highest BCUT2D eigenvalue weighted by atomic mass is 32.1. The predicted octanol–water partition coefficient (Wildman–Crippen LogP) is 1.61. The summed E-state index contributed by atoms with van der Waals surface area (Å²) in [5, 5.41) is 6.36. The highest BCUT2D eigenvalue weighted by molar-refractivity contribution is 7.80. The van der Waals surface area contributed by atoms with Crippen LogP contribution in [0.4, 0.5) is 0 Å². The Morgan fingerprint density at radius 1 is 1.24 bits per heavy atom. The van der Waals surface area contributed by atoms with Gasteiger partial charge >= 0.3 is 0 Å². The number of carbonyl (C=O) groups excluding carboxylic acids is 1. The van der Waals surface area contributed by atoms with Gasteiger partial charge in [0.1, 0.15) is 5.54 Å². The maximum atomic E-state index is 12.2. The molecule has 1 unspecified atom stereocenters. The van der Waals surface area contributed by atoms with E-state index >= 15 is 0 Å². The molecule has 1 fully saturated rings. The summed E-state index contributed by atoms with van der Waals surface area (Å²) in [6.07, 6.45) is 4.02. The van der Waals surface area contributed by atoms with E-state index in [1.807, 2.05) is 18.2 Å². The molecule has 88 valence electrons. The number of thiocarbonyl (C=S) groups is 1. The first-order valence-corrected chi connectivity index (χ1v) is 6.35. The van der Waals surface area contributed by atoms with Crippen LogP contribution in [0.5, 0.6) is 0 Å². The van der Waals surface area contributed by atoms with Crippen molar-refractivity contribution in [3.63, 3.8) is 0 Å². The van der Waals surface area contributed by atoms with Gasteiger partial charge in [0.25, 0.3) is 5.91 Å². The van der Waals surface area contributed by atoms with Crippen molar-refractivity contribution in [1.82, 2.24) is 10.6 Å². The second-order valence-corrected chi connectivity index (χ2v) is 5.09. The quantitative estimate of drug-likeness (QED) is 0.683. The maximum Gasteiger partial charge on any atom is 0.256 e. The van der Waals surface area contributed by atoms with Crippen molar-refractivity contribution in [3.05, 3.63) is 35.4 Å². The van der Waals surface area contributed by atoms with Gasteiger partial charge in [-0.25, -0.2) is 0 Å². The molecule has 1 atom stereocenters. The van der Waals surface area contributed by atoms with Gasteiger partial charge in [0.05, 0.1) is 0 Å². The summed E-state index contributed by atoms with van der Waals surface area (Å²) >= 11 is 5.08. The molecule has 0 saturated carbocycles. The second-order valence-electron chi connectivity index (χ2n) is 4.68. The topological polar surface area (TPSA) is 41.1 Å². The van der Waals surface area contributed by atoms with Gasteiger partial charge < -0.3 is 10.6 Å². The summed E-state index contributed by atoms with van der Waals surface area (Å²) < 4.78 is 0. The van der Waals surface area contributed by atoms with Crippen molar-refractivity contribution in [2.75, 3.05) is 0 Å². The monoisotopic (exact) mass is 246 g/mol. The number of hydrogen-bond donors (Lipinski definition) is 2. The van der Waals surface area contributed by atoms with Crippen molar-refractivity contribution in [2.24, 2.45) is 0 Å². The number of rotatable bonds is 0. The molecule has 1 aliphatic heterocycles. The Labute approximate surface area is 106 Å². The molecule has 1 amide bonds. The van der Waals surface area contributed by atoms with Gasteiger partial charge in [-0.15, -0.1) is 0 Å². The third-order valence-corrected chi connectivity index (χ3v) is 3.87. The lowest BCUT2D eigenvalue weighted by atomic mass is 9.84. The van der Waals surface area contributed by atoms with Crippen LogP contribution in [-0.4, -0.2) is 11.0 Å². The lowest BCUT2D eigenvalue weighted by molar-refractivity contribution is -0.124. The Morgan fingerprint density at radius 3 is 2.82 bits per heavy atom. The zero-order valence-electron chi connectivity index (χ0n) is 9.45. The van der Waals surface area contributed by atoms with E-state index in [1.54, 1.807) is 0 Å². The fraction of sp³-hybridized carbons (Fsp3) is 0.385. The van der Waals surface area contributed by atoms with Gasteiger partial charge in [0.2, 0.25) is 0 Å². The Kier molecular flexibility index (Phi) is 2.40. The summed E-state index contributed by atoms with van der Waals surface area (Å²) in [6.45, 7) is 0. The number of nitrogens with one attached hydrogen (secondary N) is 2. The Morgan fingerprint density at radius 2 is 2.06 bits per heavy atom. The second kappa shape index (κ2) is 3.81. The van der Waals surface area contributed by atoms with Crippen LogP contribution < -0.4 is 10.6 Å². The van der Waals surface area contributed by atoms with E-state index in [4.69, 9.17) is 12.2 Å². The summed E-state index contributed by atoms with van der Waals surface area (Å²) in [7, 11) is 0. The first-order chi connectivity index (χ1) is 8.22. The first-order valence-electron chi connectivity index (χ1n) is 5.94. The molecule has 0 radical (unpaired) electrons. The number of aryl methyl sites for hydroxylation is 1. The maximum absolute atomic E-state index is 12.2. The third-order valence-electron chi connectivity index (χ3n) is 3.67. The largest absolute Gasteiger partial charge is 0.344 e. The van der Waals surface area contributed by atoms with Gasteiger partial charge in [-0.1, -0.05) is 24.3 Å². The molecule has 0 aromatic heterocycles. The molecule has 1 aliphatic carbocycles. The number of fused-ring (bicyclic) bond motifs is 2. The van der Waals surface area contributed by atoms with E-state index in [0.29, 0.717) is 5.11 Å². The van der Waals surface area contributed by atoms with Crippen LogP contribution in [-0.2, 0) is 16.8 Å². The van der Waals surface area contributed by atoms with Gasteiger partial charge in [-0.2, -0.15) is 0 Å². The molecule has 3 rings (SSSR count). The fourth-order valence-electron chi connectivity index (χ4n) is 2.85. The van der Waals surface area contributed by atoms with Crippen LogP contribution in [0.3, 0.4) is 0 Å². The van der Waals surface area contributed by atoms with Gasteiger partial charge in [0, 0.05) is 0 Å². The number of hydrogen-bond acceptors (Lipinski definition) is 2. The molecule has 3 nitrogen and oxygen atoms in total. The van der Waals surface area contributed by atoms with E-state index in [-0.39, 0.29) is 5.91 Å². The molecular formula is C13H14N2OS. The fourth-order valence-corrected chi connectivity index (χ4v) is 3.12. The van der Waals surface area contributed by atoms with Gasteiger partial charge in [-0.05, 0) is 49.0 Å². The van der Waals surface area contributed by atoms with Crippen LogP contribution in [0.25, 0.3) is 0 Å². The SMILES string of the molecule is O=C1NC(=S)NC12CCCCc1ccccc12. The molecule has 1 aromatic rings. The minimum absolute atomic E-state index is 0.00292. The molecule has 2 aliphatic rings. The Hall–Kier alpha value is -1.42. The van der Waals surface area contributed by atoms with E-state index in [2.05, 4.69) is 16.7 Å². The van der Waals surface area contributed by atoms with Gasteiger partial charge in [0.15, 0.2) is 5.11 Å². The summed E-state index contributed by atoms with van der Waals surface area (Å²) in [5.74, 6) is -0.00292. The van der Waals surface area contributed by atoms with Crippen LogP contribution in [0.15, 0.2) is 24.3 Å². The third kappa shape index (κ3) is 1.55. The van der Waals surface area contributed by atoms with Gasteiger partial charge in [-0.3, -0.25) is 4.79 Å². The molecule has 17 heavy (non-hydrogen) atoms. The molecule has 1 spiro atoms. The Balaban J connectivity index is 2.17. The molecule has 1 heterocycles. The highest BCUT2D eigenvalue weighted by Gasteiger charge is 2.47. The lowest BCUT2D eigenvalue weighted by Crippen LogP contribution is -2.43. The first kappa shape index (κ1) is 10.7. The molecule has 1 saturated heterocycles. The normalized spacial score (nSPS) is 27.3. The van der Waals surface area contributed by atoms with Crippen molar-refractivity contribution < 1.29 is 4.79 Å². The van der Waals surface area contributed by atoms with Crippen molar-refractivity contribution in [2.45, 2.75) is 31.2 Å². The van der Waals surface area contributed by atoms with E-state index in [0.717, 1.165) is 31.2 Å². The smallest absolute Gasteiger partial charge is 0.256 e. The summed E-state index contributed by atoms with van der Waals surface area (Å²) in [5.41, 5.74) is 1.73. The molecule has 4 heteroatoms. The average Bonchev–Trinajstić information content (AvgIpc) is 2.50. The van der Waals surface area contributed by atoms with E-state index in [9.17, 15) is 4.79 Å². The van der Waals surface area contributed by atoms with Crippen molar-refractivity contribution in [1.29, 1.82) is 0 Å². The minimum Gasteiger partial charge on any atom is -0.344 e. The van der Waals surface area contributed by atoms with Crippen molar-refractivity contribution >= 4 is 23.2 Å². The average molecular weight is 246 g/mol. The van der Waals surface area contributed by atoms with Crippen LogP contribution in [0, 0.1) is 0 Å². The molecule has 1 aromatic carbocycles. The standard InChI is InChI=1S/C13H14N2OS/c16-11-13(15-12(17)14-11)8-4-3-6-9-5-1-2-7-10(9)13/h1-2,5,7H,3-4,6,8H2,(H2,14,15,16,17). The highest BCUT2D eigenvalue weighted by Crippen LogP contribution is 2.36. The summed E-state index contributed by atoms with van der Waals surface area (Å²) in [4.78, 5) is 12.2.